The van der Waals surface area contributed by atoms with E-state index >= 15 is 0 Å². The standard InChI is InChI=1S/C27H29NO5S/c1-4-13-34(30)25(27(29)31-5-2)15-19-11-12-24-21(14-19)16-22(33-24)17-23-18(3)32-26(28-23)20-9-7-6-8-10-20/h6-12,14,16,25H,4-5,13,15,17H2,1-3H3. The van der Waals surface area contributed by atoms with Crippen molar-refractivity contribution in [3.63, 3.8) is 0 Å². The van der Waals surface area contributed by atoms with Crippen molar-refractivity contribution < 1.29 is 22.9 Å². The topological polar surface area (TPSA) is 88.5 Å². The van der Waals surface area contributed by atoms with Crippen molar-refractivity contribution in [2.24, 2.45) is 0 Å². The van der Waals surface area contributed by atoms with Gasteiger partial charge < -0.3 is 18.1 Å². The molecule has 0 saturated heterocycles. The van der Waals surface area contributed by atoms with Gasteiger partial charge in [-0.2, -0.15) is 0 Å². The molecule has 2 atom stereocenters. The van der Waals surface area contributed by atoms with Gasteiger partial charge in [0.05, 0.1) is 18.7 Å². The Kier molecular flexibility index (Phi) is 7.75. The molecule has 7 heteroatoms. The maximum Gasteiger partial charge on any atom is 0.359 e. The number of ether oxygens (including phenoxy) is 1. The molecule has 0 spiro atoms. The summed E-state index contributed by atoms with van der Waals surface area (Å²) in [5.74, 6) is 2.20. The largest absolute Gasteiger partial charge is 0.616 e. The lowest BCUT2D eigenvalue weighted by Crippen LogP contribution is -2.35. The number of aryl methyl sites for hydroxylation is 1. The van der Waals surface area contributed by atoms with Crippen LogP contribution in [-0.4, -0.2) is 33.1 Å². The quantitative estimate of drug-likeness (QED) is 0.217. The molecule has 4 aromatic rings. The van der Waals surface area contributed by atoms with E-state index in [4.69, 9.17) is 13.6 Å². The molecule has 0 amide bonds. The summed E-state index contributed by atoms with van der Waals surface area (Å²) in [5.41, 5.74) is 3.44. The van der Waals surface area contributed by atoms with Gasteiger partial charge in [-0.05, 0) is 67.3 Å². The van der Waals surface area contributed by atoms with E-state index < -0.39 is 22.4 Å². The van der Waals surface area contributed by atoms with Crippen molar-refractivity contribution in [1.82, 2.24) is 4.98 Å². The number of carbonyl (C=O) groups is 1. The normalized spacial score (nSPS) is 13.2. The average Bonchev–Trinajstić information content (AvgIpc) is 3.40. The van der Waals surface area contributed by atoms with Crippen LogP contribution >= 0.6 is 0 Å². The van der Waals surface area contributed by atoms with Crippen molar-refractivity contribution >= 4 is 28.1 Å². The van der Waals surface area contributed by atoms with E-state index in [1.807, 2.05) is 68.4 Å². The molecule has 2 aromatic carbocycles. The summed E-state index contributed by atoms with van der Waals surface area (Å²) in [6.07, 6.45) is 1.63. The minimum atomic E-state index is -1.28. The van der Waals surface area contributed by atoms with E-state index in [0.29, 0.717) is 24.5 Å². The van der Waals surface area contributed by atoms with Gasteiger partial charge in [-0.1, -0.05) is 31.2 Å². The van der Waals surface area contributed by atoms with Crippen LogP contribution in [0.5, 0.6) is 0 Å². The predicted octanol–water partition coefficient (Wildman–Crippen LogP) is 5.62. The fourth-order valence-electron chi connectivity index (χ4n) is 3.90. The highest BCUT2D eigenvalue weighted by Gasteiger charge is 2.31. The third-order valence-electron chi connectivity index (χ3n) is 5.58. The lowest BCUT2D eigenvalue weighted by molar-refractivity contribution is -0.142. The summed E-state index contributed by atoms with van der Waals surface area (Å²) in [6, 6.07) is 17.6. The highest BCUT2D eigenvalue weighted by atomic mass is 32.2. The monoisotopic (exact) mass is 479 g/mol. The van der Waals surface area contributed by atoms with Crippen LogP contribution in [-0.2, 0) is 33.5 Å². The number of benzene rings is 2. The zero-order chi connectivity index (χ0) is 24.1. The lowest BCUT2D eigenvalue weighted by Gasteiger charge is -2.20. The Labute approximate surface area is 202 Å². The number of fused-ring (bicyclic) bond motifs is 1. The Balaban J connectivity index is 1.53. The van der Waals surface area contributed by atoms with Crippen LogP contribution in [0.15, 0.2) is 63.4 Å². The van der Waals surface area contributed by atoms with Gasteiger partial charge in [-0.3, -0.25) is 0 Å². The van der Waals surface area contributed by atoms with E-state index in [-0.39, 0.29) is 6.61 Å². The number of hydrogen-bond acceptors (Lipinski definition) is 6. The Hall–Kier alpha value is -3.03. The highest BCUT2D eigenvalue weighted by molar-refractivity contribution is 7.92. The average molecular weight is 480 g/mol. The number of furan rings is 1. The van der Waals surface area contributed by atoms with Gasteiger partial charge in [0.25, 0.3) is 0 Å². The van der Waals surface area contributed by atoms with Gasteiger partial charge in [-0.25, -0.2) is 9.78 Å². The van der Waals surface area contributed by atoms with Gasteiger partial charge in [0, 0.05) is 17.4 Å². The minimum Gasteiger partial charge on any atom is -0.616 e. The molecule has 6 nitrogen and oxygen atoms in total. The van der Waals surface area contributed by atoms with Crippen molar-refractivity contribution in [3.8, 4) is 11.5 Å². The van der Waals surface area contributed by atoms with E-state index in [1.165, 1.54) is 0 Å². The Morgan fingerprint density at radius 1 is 1.12 bits per heavy atom. The first-order chi connectivity index (χ1) is 16.5. The number of carbonyl (C=O) groups excluding carboxylic acids is 1. The second-order valence-electron chi connectivity index (χ2n) is 8.18. The van der Waals surface area contributed by atoms with Crippen LogP contribution in [0, 0.1) is 6.92 Å². The maximum atomic E-state index is 12.6. The third kappa shape index (κ3) is 5.54. The summed E-state index contributed by atoms with van der Waals surface area (Å²) in [6.45, 7) is 5.90. The summed E-state index contributed by atoms with van der Waals surface area (Å²) >= 11 is -1.28. The van der Waals surface area contributed by atoms with Gasteiger partial charge in [-0.15, -0.1) is 0 Å². The molecule has 2 aromatic heterocycles. The predicted molar refractivity (Wildman–Crippen MR) is 133 cm³/mol. The van der Waals surface area contributed by atoms with Gasteiger partial charge >= 0.3 is 5.97 Å². The molecule has 4 rings (SSSR count). The maximum absolute atomic E-state index is 12.6. The Bertz CT molecular complexity index is 1250. The first-order valence-corrected chi connectivity index (χ1v) is 12.9. The molecule has 0 N–H and O–H groups in total. The van der Waals surface area contributed by atoms with Crippen molar-refractivity contribution in [2.45, 2.75) is 45.3 Å². The third-order valence-corrected chi connectivity index (χ3v) is 7.38. The number of rotatable bonds is 10. The molecule has 178 valence electrons. The molecular formula is C27H29NO5S. The number of oxazole rings is 1. The number of hydrogen-bond donors (Lipinski definition) is 0. The van der Waals surface area contributed by atoms with Crippen LogP contribution < -0.4 is 0 Å². The minimum absolute atomic E-state index is 0.274. The SMILES string of the molecule is CCC[S+]([O-])C(Cc1ccc2oc(Cc3nc(-c4ccccc4)oc3C)cc2c1)C(=O)OCC. The van der Waals surface area contributed by atoms with Crippen molar-refractivity contribution in [2.75, 3.05) is 12.4 Å². The van der Waals surface area contributed by atoms with Crippen LogP contribution in [0.3, 0.4) is 0 Å². The molecule has 34 heavy (non-hydrogen) atoms. The van der Waals surface area contributed by atoms with Gasteiger partial charge in [0.15, 0.2) is 0 Å². The molecule has 0 bridgehead atoms. The number of esters is 1. The fourth-order valence-corrected chi connectivity index (χ4v) is 5.25. The molecule has 0 aliphatic carbocycles. The van der Waals surface area contributed by atoms with Crippen LogP contribution in [0.1, 0.15) is 43.0 Å². The molecule has 2 unspecified atom stereocenters. The van der Waals surface area contributed by atoms with E-state index in [9.17, 15) is 9.35 Å². The molecule has 0 fully saturated rings. The number of nitrogens with zero attached hydrogens (tertiary/aromatic N) is 1. The first-order valence-electron chi connectivity index (χ1n) is 11.5. The van der Waals surface area contributed by atoms with Crippen molar-refractivity contribution in [3.05, 3.63) is 77.4 Å². The summed E-state index contributed by atoms with van der Waals surface area (Å²) in [5, 5.41) is 0.263. The van der Waals surface area contributed by atoms with Crippen LogP contribution in [0.25, 0.3) is 22.4 Å². The van der Waals surface area contributed by atoms with Crippen LogP contribution in [0.4, 0.5) is 0 Å². The van der Waals surface area contributed by atoms with Crippen molar-refractivity contribution in [1.29, 1.82) is 0 Å². The zero-order valence-corrected chi connectivity index (χ0v) is 20.5. The second kappa shape index (κ2) is 10.9. The Morgan fingerprint density at radius 2 is 1.91 bits per heavy atom. The van der Waals surface area contributed by atoms with E-state index in [1.54, 1.807) is 6.92 Å². The zero-order valence-electron chi connectivity index (χ0n) is 19.7. The van der Waals surface area contributed by atoms with Crippen LogP contribution in [0.2, 0.25) is 0 Å². The summed E-state index contributed by atoms with van der Waals surface area (Å²) in [7, 11) is 0. The Morgan fingerprint density at radius 3 is 2.65 bits per heavy atom. The summed E-state index contributed by atoms with van der Waals surface area (Å²) in [4.78, 5) is 17.1. The second-order valence-corrected chi connectivity index (χ2v) is 9.92. The molecule has 0 aliphatic rings. The molecular weight excluding hydrogens is 450 g/mol. The number of aromatic nitrogens is 1. The van der Waals surface area contributed by atoms with E-state index in [0.717, 1.165) is 45.7 Å². The highest BCUT2D eigenvalue weighted by Crippen LogP contribution is 2.27. The molecule has 2 heterocycles. The molecule has 0 radical (unpaired) electrons. The summed E-state index contributed by atoms with van der Waals surface area (Å²) < 4.78 is 29.7. The van der Waals surface area contributed by atoms with Gasteiger partial charge in [0.1, 0.15) is 22.9 Å². The smallest absolute Gasteiger partial charge is 0.359 e. The van der Waals surface area contributed by atoms with Gasteiger partial charge in [0.2, 0.25) is 11.1 Å². The lowest BCUT2D eigenvalue weighted by atomic mass is 10.1. The van der Waals surface area contributed by atoms with E-state index in [2.05, 4.69) is 4.98 Å². The molecule has 0 aliphatic heterocycles. The first kappa shape index (κ1) is 24.1. The fraction of sp³-hybridized carbons (Fsp3) is 0.333. The molecule has 0 saturated carbocycles.